The first-order chi connectivity index (χ1) is 19.3. The molecule has 0 saturated carbocycles. The highest BCUT2D eigenvalue weighted by molar-refractivity contribution is 5.97. The van der Waals surface area contributed by atoms with E-state index in [9.17, 15) is 19.2 Å². The van der Waals surface area contributed by atoms with Crippen LogP contribution in [0.1, 0.15) is 64.0 Å². The van der Waals surface area contributed by atoms with Crippen molar-refractivity contribution in [3.63, 3.8) is 0 Å². The van der Waals surface area contributed by atoms with Gasteiger partial charge in [0, 0.05) is 11.3 Å². The van der Waals surface area contributed by atoms with Gasteiger partial charge in [-0.05, 0) is 65.8 Å². The van der Waals surface area contributed by atoms with Crippen molar-refractivity contribution in [2.45, 2.75) is 77.7 Å². The Morgan fingerprint density at radius 2 is 1.62 bits per heavy atom. The number of amides is 1. The smallest absolute Gasteiger partial charge is 0.335 e. The Morgan fingerprint density at radius 1 is 1.00 bits per heavy atom. The average Bonchev–Trinajstić information content (AvgIpc) is 2.83. The third-order valence-corrected chi connectivity index (χ3v) is 5.25. The van der Waals surface area contributed by atoms with Gasteiger partial charge in [0.25, 0.3) is 17.4 Å². The highest BCUT2D eigenvalue weighted by Crippen LogP contribution is 2.28. The highest BCUT2D eigenvalue weighted by Gasteiger charge is 2.49. The fourth-order valence-corrected chi connectivity index (χ4v) is 3.57. The highest BCUT2D eigenvalue weighted by atomic mass is 19.3. The van der Waals surface area contributed by atoms with Gasteiger partial charge in [0.1, 0.15) is 17.6 Å². The van der Waals surface area contributed by atoms with Gasteiger partial charge < -0.3 is 25.8 Å². The predicted molar refractivity (Wildman–Crippen MR) is 149 cm³/mol. The van der Waals surface area contributed by atoms with Gasteiger partial charge in [-0.25, -0.2) is 23.5 Å². The summed E-state index contributed by atoms with van der Waals surface area (Å²) in [5.74, 6) is -7.75. The number of fused-ring (bicyclic) bond motifs is 1. The number of nitrogens with one attached hydrogen (secondary N) is 3. The van der Waals surface area contributed by atoms with Crippen LogP contribution in [0.25, 0.3) is 11.2 Å². The van der Waals surface area contributed by atoms with E-state index in [0.29, 0.717) is 11.4 Å². The Labute approximate surface area is 239 Å². The lowest BCUT2D eigenvalue weighted by molar-refractivity contribution is -0.175. The van der Waals surface area contributed by atoms with Crippen LogP contribution in [0.2, 0.25) is 0 Å². The van der Waals surface area contributed by atoms with E-state index in [0.717, 1.165) is 0 Å². The average molecular weight is 590 g/mol. The van der Waals surface area contributed by atoms with E-state index in [2.05, 4.69) is 25.3 Å². The molecule has 1 atom stereocenters. The SMILES string of the molecule is CC(C)(C)OC(=O)CC(F)(F)C(NC(=O)c1ccc(NCc2cnc3nc(N)[nH]c(=O)c3n2)cc1)C(=O)OC(C)(C)C. The molecule has 15 heteroatoms. The maximum atomic E-state index is 15.2. The zero-order valence-corrected chi connectivity index (χ0v) is 24.0. The lowest BCUT2D eigenvalue weighted by Gasteiger charge is -2.30. The minimum absolute atomic E-state index is 0.0125. The standard InChI is InChI=1S/C27H33F2N7O6/c1-25(2,3)41-17(37)11-27(28,29)19(23(40)42-26(4,5)6)34-21(38)14-7-9-15(10-8-14)31-12-16-13-32-20-18(33-16)22(39)36-24(30)35-20/h7-10,13,19,31H,11-12H2,1-6H3,(H,34,38)(H3,30,32,35,36,39). The van der Waals surface area contributed by atoms with Gasteiger partial charge in [-0.2, -0.15) is 4.98 Å². The van der Waals surface area contributed by atoms with Crippen molar-refractivity contribution in [2.75, 3.05) is 11.1 Å². The summed E-state index contributed by atoms with van der Waals surface area (Å²) in [6.07, 6.45) is -0.0401. The lowest BCUT2D eigenvalue weighted by Crippen LogP contribution is -2.55. The second kappa shape index (κ2) is 12.0. The third kappa shape index (κ3) is 8.91. The fraction of sp³-hybridized carbons (Fsp3) is 0.444. The van der Waals surface area contributed by atoms with Gasteiger partial charge in [0.15, 0.2) is 17.2 Å². The quantitative estimate of drug-likeness (QED) is 0.268. The Hall–Kier alpha value is -4.69. The number of alkyl halides is 2. The summed E-state index contributed by atoms with van der Waals surface area (Å²) < 4.78 is 40.5. The zero-order valence-electron chi connectivity index (χ0n) is 24.0. The van der Waals surface area contributed by atoms with Gasteiger partial charge in [-0.15, -0.1) is 0 Å². The van der Waals surface area contributed by atoms with Crippen LogP contribution < -0.4 is 21.9 Å². The van der Waals surface area contributed by atoms with Crippen LogP contribution >= 0.6 is 0 Å². The lowest BCUT2D eigenvalue weighted by atomic mass is 10.0. The topological polar surface area (TPSA) is 191 Å². The van der Waals surface area contributed by atoms with Crippen molar-refractivity contribution in [3.8, 4) is 0 Å². The summed E-state index contributed by atoms with van der Waals surface area (Å²) in [6.45, 7) is 9.13. The second-order valence-electron chi connectivity index (χ2n) is 11.4. The number of ether oxygens (including phenoxy) is 2. The molecule has 2 aromatic heterocycles. The summed E-state index contributed by atoms with van der Waals surface area (Å²) >= 11 is 0. The van der Waals surface area contributed by atoms with E-state index in [1.54, 1.807) is 0 Å². The van der Waals surface area contributed by atoms with E-state index < -0.39 is 53.0 Å². The van der Waals surface area contributed by atoms with Crippen LogP contribution in [0.4, 0.5) is 20.4 Å². The van der Waals surface area contributed by atoms with Crippen LogP contribution in [0.5, 0.6) is 0 Å². The molecule has 3 rings (SSSR count). The molecule has 0 spiro atoms. The van der Waals surface area contributed by atoms with Crippen molar-refractivity contribution >= 4 is 40.6 Å². The first-order valence-electron chi connectivity index (χ1n) is 12.8. The maximum absolute atomic E-state index is 15.2. The monoisotopic (exact) mass is 589 g/mol. The molecule has 13 nitrogen and oxygen atoms in total. The summed E-state index contributed by atoms with van der Waals surface area (Å²) in [6, 6.07) is 3.23. The fourth-order valence-electron chi connectivity index (χ4n) is 3.57. The Morgan fingerprint density at radius 3 is 2.21 bits per heavy atom. The van der Waals surface area contributed by atoms with Gasteiger partial charge in [-0.3, -0.25) is 19.4 Å². The number of aromatic nitrogens is 4. The van der Waals surface area contributed by atoms with E-state index in [1.165, 1.54) is 72.0 Å². The number of nitrogen functional groups attached to an aromatic ring is 1. The number of halogens is 2. The molecule has 1 amide bonds. The number of H-pyrrole nitrogens is 1. The van der Waals surface area contributed by atoms with Crippen LogP contribution in [0.15, 0.2) is 35.3 Å². The first-order valence-corrected chi connectivity index (χ1v) is 12.8. The molecule has 1 unspecified atom stereocenters. The molecule has 1 aromatic carbocycles. The van der Waals surface area contributed by atoms with Gasteiger partial charge in [0.2, 0.25) is 5.95 Å². The Kier molecular flexibility index (Phi) is 9.13. The number of anilines is 2. The Bertz CT molecular complexity index is 1530. The van der Waals surface area contributed by atoms with Crippen molar-refractivity contribution in [1.29, 1.82) is 0 Å². The number of benzene rings is 1. The van der Waals surface area contributed by atoms with E-state index >= 15 is 8.78 Å². The van der Waals surface area contributed by atoms with Crippen LogP contribution in [0.3, 0.4) is 0 Å². The number of esters is 2. The molecule has 3 aromatic rings. The van der Waals surface area contributed by atoms with Crippen LogP contribution in [-0.4, -0.2) is 60.9 Å². The summed E-state index contributed by atoms with van der Waals surface area (Å²) in [5.41, 5.74) is 3.80. The number of rotatable bonds is 9. The number of nitrogens with two attached hydrogens (primary N) is 1. The third-order valence-electron chi connectivity index (χ3n) is 5.25. The van der Waals surface area contributed by atoms with E-state index in [1.807, 2.05) is 5.32 Å². The molecule has 2 heterocycles. The number of nitrogens with zero attached hydrogens (tertiary/aromatic N) is 3. The molecule has 5 N–H and O–H groups in total. The Balaban J connectivity index is 1.72. The van der Waals surface area contributed by atoms with Crippen molar-refractivity contribution in [2.24, 2.45) is 0 Å². The van der Waals surface area contributed by atoms with Crippen LogP contribution in [-0.2, 0) is 25.6 Å². The number of carbonyl (C=O) groups excluding carboxylic acids is 3. The molecule has 0 aliphatic carbocycles. The normalized spacial score (nSPS) is 12.9. The largest absolute Gasteiger partial charge is 0.460 e. The molecule has 0 aliphatic heterocycles. The van der Waals surface area contributed by atoms with Crippen molar-refractivity contribution in [1.82, 2.24) is 25.3 Å². The first kappa shape index (κ1) is 31.8. The van der Waals surface area contributed by atoms with Gasteiger partial charge in [0.05, 0.1) is 18.4 Å². The van der Waals surface area contributed by atoms with E-state index in [4.69, 9.17) is 15.2 Å². The maximum Gasteiger partial charge on any atom is 0.335 e. The molecule has 0 fully saturated rings. The van der Waals surface area contributed by atoms with Crippen molar-refractivity contribution < 1.29 is 32.6 Å². The number of hydrogen-bond donors (Lipinski definition) is 4. The molecule has 0 saturated heterocycles. The number of aromatic amines is 1. The van der Waals surface area contributed by atoms with Gasteiger partial charge >= 0.3 is 11.9 Å². The molecule has 226 valence electrons. The number of hydrogen-bond acceptors (Lipinski definition) is 11. The molecular formula is C27H33F2N7O6. The minimum Gasteiger partial charge on any atom is -0.460 e. The molecule has 42 heavy (non-hydrogen) atoms. The van der Waals surface area contributed by atoms with E-state index in [-0.39, 0.29) is 29.2 Å². The van der Waals surface area contributed by atoms with Gasteiger partial charge in [-0.1, -0.05) is 0 Å². The summed E-state index contributed by atoms with van der Waals surface area (Å²) in [7, 11) is 0. The van der Waals surface area contributed by atoms with Crippen LogP contribution in [0, 0.1) is 0 Å². The second-order valence-corrected chi connectivity index (χ2v) is 11.4. The van der Waals surface area contributed by atoms with Crippen molar-refractivity contribution in [3.05, 3.63) is 52.1 Å². The minimum atomic E-state index is -4.02. The molecule has 0 bridgehead atoms. The molecular weight excluding hydrogens is 556 g/mol. The molecule has 0 radical (unpaired) electrons. The molecule has 0 aliphatic rings. The predicted octanol–water partition coefficient (Wildman–Crippen LogP) is 2.71. The number of carbonyl (C=O) groups is 3. The summed E-state index contributed by atoms with van der Waals surface area (Å²) in [4.78, 5) is 64.3. The summed E-state index contributed by atoms with van der Waals surface area (Å²) in [5, 5.41) is 5.05. The zero-order chi connectivity index (χ0) is 31.5.